The first-order valence-corrected chi connectivity index (χ1v) is 3.64. The molecular formula is C9H8FNO2. The summed E-state index contributed by atoms with van der Waals surface area (Å²) in [6.45, 7) is 0.0877. The number of ether oxygens (including phenoxy) is 1. The Bertz CT molecular complexity index is 345. The Balaban J connectivity index is 3.00. The molecule has 3 nitrogen and oxygen atoms in total. The molecule has 4 heteroatoms. The SMILES string of the molecule is COc1ccc(F)cc1CN=C=O. The highest BCUT2D eigenvalue weighted by Crippen LogP contribution is 2.19. The summed E-state index contributed by atoms with van der Waals surface area (Å²) in [6.07, 6.45) is 1.38. The van der Waals surface area contributed by atoms with Gasteiger partial charge in [0.2, 0.25) is 6.08 Å². The zero-order valence-corrected chi connectivity index (χ0v) is 7.08. The van der Waals surface area contributed by atoms with Gasteiger partial charge in [-0.3, -0.25) is 0 Å². The summed E-state index contributed by atoms with van der Waals surface area (Å²) in [4.78, 5) is 13.2. The van der Waals surface area contributed by atoms with Crippen molar-refractivity contribution < 1.29 is 13.9 Å². The Hall–Kier alpha value is -1.67. The Kier molecular flexibility index (Phi) is 3.17. The predicted molar refractivity (Wildman–Crippen MR) is 44.8 cm³/mol. The topological polar surface area (TPSA) is 38.7 Å². The van der Waals surface area contributed by atoms with E-state index in [0.717, 1.165) is 0 Å². The van der Waals surface area contributed by atoms with Gasteiger partial charge in [-0.15, -0.1) is 0 Å². The number of hydrogen-bond donors (Lipinski definition) is 0. The van der Waals surface area contributed by atoms with Crippen molar-refractivity contribution in [3.05, 3.63) is 29.6 Å². The largest absolute Gasteiger partial charge is 0.496 e. The fourth-order valence-corrected chi connectivity index (χ4v) is 0.988. The van der Waals surface area contributed by atoms with Gasteiger partial charge >= 0.3 is 0 Å². The average Bonchev–Trinajstić information content (AvgIpc) is 2.15. The molecule has 0 radical (unpaired) electrons. The van der Waals surface area contributed by atoms with Crippen LogP contribution in [-0.4, -0.2) is 13.2 Å². The quantitative estimate of drug-likeness (QED) is 0.525. The van der Waals surface area contributed by atoms with Crippen LogP contribution in [0.25, 0.3) is 0 Å². The Labute approximate surface area is 74.9 Å². The summed E-state index contributed by atoms with van der Waals surface area (Å²) in [5.41, 5.74) is 0.533. The van der Waals surface area contributed by atoms with Crippen molar-refractivity contribution in [2.45, 2.75) is 6.54 Å². The van der Waals surface area contributed by atoms with Gasteiger partial charge in [0, 0.05) is 5.56 Å². The number of rotatable bonds is 3. The van der Waals surface area contributed by atoms with Crippen LogP contribution in [-0.2, 0) is 11.3 Å². The maximum Gasteiger partial charge on any atom is 0.235 e. The van der Waals surface area contributed by atoms with E-state index in [9.17, 15) is 9.18 Å². The minimum Gasteiger partial charge on any atom is -0.496 e. The number of hydrogen-bond acceptors (Lipinski definition) is 3. The summed E-state index contributed by atoms with van der Waals surface area (Å²) in [5.74, 6) is 0.136. The molecule has 0 N–H and O–H groups in total. The van der Waals surface area contributed by atoms with E-state index < -0.39 is 0 Å². The van der Waals surface area contributed by atoms with Gasteiger partial charge in [0.05, 0.1) is 13.7 Å². The number of isocyanates is 1. The molecule has 0 aliphatic carbocycles. The molecule has 0 spiro atoms. The maximum absolute atomic E-state index is 12.7. The van der Waals surface area contributed by atoms with Gasteiger partial charge in [0.25, 0.3) is 0 Å². The van der Waals surface area contributed by atoms with Crippen LogP contribution in [0.1, 0.15) is 5.56 Å². The minimum absolute atomic E-state index is 0.0877. The molecule has 13 heavy (non-hydrogen) atoms. The second-order valence-corrected chi connectivity index (χ2v) is 2.36. The molecule has 0 bridgehead atoms. The molecule has 0 aliphatic rings. The van der Waals surface area contributed by atoms with Gasteiger partial charge in [0.15, 0.2) is 0 Å². The molecule has 0 saturated heterocycles. The second kappa shape index (κ2) is 4.38. The zero-order valence-electron chi connectivity index (χ0n) is 7.08. The van der Waals surface area contributed by atoms with Crippen molar-refractivity contribution in [3.8, 4) is 5.75 Å². The van der Waals surface area contributed by atoms with Crippen LogP contribution >= 0.6 is 0 Å². The highest BCUT2D eigenvalue weighted by Gasteiger charge is 2.02. The molecule has 0 aromatic heterocycles. The minimum atomic E-state index is -0.378. The van der Waals surface area contributed by atoms with E-state index in [1.54, 1.807) is 0 Å². The molecule has 0 amide bonds. The third-order valence-electron chi connectivity index (χ3n) is 1.56. The van der Waals surface area contributed by atoms with Crippen LogP contribution in [0.2, 0.25) is 0 Å². The van der Waals surface area contributed by atoms with Crippen LogP contribution in [0.3, 0.4) is 0 Å². The molecule has 1 rings (SSSR count). The highest BCUT2D eigenvalue weighted by molar-refractivity contribution is 5.37. The molecule has 1 aromatic rings. The summed E-state index contributed by atoms with van der Waals surface area (Å²) >= 11 is 0. The van der Waals surface area contributed by atoms with Crippen molar-refractivity contribution in [2.75, 3.05) is 7.11 Å². The van der Waals surface area contributed by atoms with Crippen LogP contribution in [0.15, 0.2) is 23.2 Å². The molecule has 68 valence electrons. The molecule has 0 saturated carbocycles. The van der Waals surface area contributed by atoms with E-state index in [-0.39, 0.29) is 12.4 Å². The fraction of sp³-hybridized carbons (Fsp3) is 0.222. The molecule has 0 fully saturated rings. The van der Waals surface area contributed by atoms with Gasteiger partial charge in [-0.1, -0.05) is 0 Å². The molecule has 0 heterocycles. The third-order valence-corrected chi connectivity index (χ3v) is 1.56. The van der Waals surface area contributed by atoms with E-state index >= 15 is 0 Å². The van der Waals surface area contributed by atoms with Gasteiger partial charge in [-0.2, -0.15) is 0 Å². The zero-order chi connectivity index (χ0) is 9.68. The maximum atomic E-state index is 12.7. The predicted octanol–water partition coefficient (Wildman–Crippen LogP) is 1.67. The normalized spacial score (nSPS) is 9.08. The lowest BCUT2D eigenvalue weighted by molar-refractivity contribution is 0.408. The summed E-state index contributed by atoms with van der Waals surface area (Å²) in [6, 6.07) is 4.05. The van der Waals surface area contributed by atoms with Gasteiger partial charge in [-0.05, 0) is 18.2 Å². The summed E-state index contributed by atoms with van der Waals surface area (Å²) in [7, 11) is 1.47. The number of halogens is 1. The molecule has 1 aromatic carbocycles. The van der Waals surface area contributed by atoms with E-state index in [1.807, 2.05) is 0 Å². The smallest absolute Gasteiger partial charge is 0.235 e. The average molecular weight is 181 g/mol. The molecule has 0 aliphatic heterocycles. The van der Waals surface area contributed by atoms with Crippen molar-refractivity contribution >= 4 is 6.08 Å². The molecule has 0 unspecified atom stereocenters. The number of benzene rings is 1. The Morgan fingerprint density at radius 2 is 2.38 bits per heavy atom. The van der Waals surface area contributed by atoms with Gasteiger partial charge < -0.3 is 4.74 Å². The van der Waals surface area contributed by atoms with E-state index in [2.05, 4.69) is 4.99 Å². The van der Waals surface area contributed by atoms with Gasteiger partial charge in [0.1, 0.15) is 11.6 Å². The summed E-state index contributed by atoms with van der Waals surface area (Å²) in [5, 5.41) is 0. The first-order valence-electron chi connectivity index (χ1n) is 3.64. The number of carbonyl (C=O) groups excluding carboxylic acids is 1. The van der Waals surface area contributed by atoms with Crippen LogP contribution < -0.4 is 4.74 Å². The lowest BCUT2D eigenvalue weighted by Gasteiger charge is -2.04. The van der Waals surface area contributed by atoms with Gasteiger partial charge in [-0.25, -0.2) is 14.2 Å². The van der Waals surface area contributed by atoms with Crippen LogP contribution in [0, 0.1) is 5.82 Å². The first kappa shape index (κ1) is 9.42. The highest BCUT2D eigenvalue weighted by atomic mass is 19.1. The first-order chi connectivity index (χ1) is 6.27. The standard InChI is InChI=1S/C9H8FNO2/c1-13-9-3-2-8(10)4-7(9)5-11-6-12/h2-4H,5H2,1H3. The monoisotopic (exact) mass is 181 g/mol. The van der Waals surface area contributed by atoms with Crippen molar-refractivity contribution in [1.29, 1.82) is 0 Å². The second-order valence-electron chi connectivity index (χ2n) is 2.36. The third kappa shape index (κ3) is 2.39. The van der Waals surface area contributed by atoms with E-state index in [1.165, 1.54) is 31.4 Å². The number of methoxy groups -OCH3 is 1. The van der Waals surface area contributed by atoms with E-state index in [0.29, 0.717) is 11.3 Å². The van der Waals surface area contributed by atoms with Crippen LogP contribution in [0.4, 0.5) is 4.39 Å². The lowest BCUT2D eigenvalue weighted by atomic mass is 10.2. The summed E-state index contributed by atoms with van der Waals surface area (Å²) < 4.78 is 17.7. The lowest BCUT2D eigenvalue weighted by Crippen LogP contribution is -1.91. The fourth-order valence-electron chi connectivity index (χ4n) is 0.988. The van der Waals surface area contributed by atoms with Crippen molar-refractivity contribution in [1.82, 2.24) is 0 Å². The van der Waals surface area contributed by atoms with Crippen molar-refractivity contribution in [3.63, 3.8) is 0 Å². The Morgan fingerprint density at radius 3 is 3.00 bits per heavy atom. The Morgan fingerprint density at radius 1 is 1.62 bits per heavy atom. The van der Waals surface area contributed by atoms with E-state index in [4.69, 9.17) is 4.74 Å². The molecule has 0 atom stereocenters. The molecular weight excluding hydrogens is 173 g/mol. The van der Waals surface area contributed by atoms with Crippen molar-refractivity contribution in [2.24, 2.45) is 4.99 Å². The number of aliphatic imine (C=N–C) groups is 1. The number of nitrogens with zero attached hydrogens (tertiary/aromatic N) is 1. The van der Waals surface area contributed by atoms with Crippen LogP contribution in [0.5, 0.6) is 5.75 Å².